The van der Waals surface area contributed by atoms with Gasteiger partial charge in [0, 0.05) is 18.5 Å². The van der Waals surface area contributed by atoms with Crippen molar-refractivity contribution in [2.24, 2.45) is 0 Å². The Morgan fingerprint density at radius 2 is 1.72 bits per heavy atom. The van der Waals surface area contributed by atoms with Gasteiger partial charge in [-0.25, -0.2) is 0 Å². The molecule has 0 saturated heterocycles. The van der Waals surface area contributed by atoms with Crippen LogP contribution in [0.5, 0.6) is 5.75 Å². The second-order valence-corrected chi connectivity index (χ2v) is 8.09. The molecule has 0 heterocycles. The first-order chi connectivity index (χ1) is 15.5. The van der Waals surface area contributed by atoms with Crippen LogP contribution in [-0.2, 0) is 16.1 Å². The Bertz CT molecular complexity index is 1040. The van der Waals surface area contributed by atoms with E-state index < -0.39 is 6.04 Å². The lowest BCUT2D eigenvalue weighted by molar-refractivity contribution is -0.142. The van der Waals surface area contributed by atoms with Crippen LogP contribution >= 0.6 is 0 Å². The highest BCUT2D eigenvalue weighted by atomic mass is 16.5. The van der Waals surface area contributed by atoms with Crippen LogP contribution in [-0.4, -0.2) is 35.9 Å². The summed E-state index contributed by atoms with van der Waals surface area (Å²) in [6, 6.07) is 21.1. The van der Waals surface area contributed by atoms with Crippen molar-refractivity contribution in [1.29, 1.82) is 0 Å². The normalized spacial score (nSPS) is 11.7. The van der Waals surface area contributed by atoms with Crippen molar-refractivity contribution in [3.05, 3.63) is 77.9 Å². The molecule has 1 atom stereocenters. The van der Waals surface area contributed by atoms with Gasteiger partial charge in [0.25, 0.3) is 5.91 Å². The zero-order valence-electron chi connectivity index (χ0n) is 19.1. The van der Waals surface area contributed by atoms with Gasteiger partial charge < -0.3 is 15.0 Å². The lowest BCUT2D eigenvalue weighted by Crippen LogP contribution is -2.49. The summed E-state index contributed by atoms with van der Waals surface area (Å²) in [6.07, 6.45) is 1.91. The zero-order chi connectivity index (χ0) is 22.9. The van der Waals surface area contributed by atoms with E-state index in [-0.39, 0.29) is 18.4 Å². The molecule has 3 aromatic rings. The van der Waals surface area contributed by atoms with Crippen LogP contribution < -0.4 is 10.1 Å². The average Bonchev–Trinajstić information content (AvgIpc) is 2.81. The molecule has 0 fully saturated rings. The van der Waals surface area contributed by atoms with Crippen LogP contribution in [0.3, 0.4) is 0 Å². The Balaban J connectivity index is 1.75. The number of fused-ring (bicyclic) bond motifs is 1. The summed E-state index contributed by atoms with van der Waals surface area (Å²) in [7, 11) is 0. The number of benzene rings is 3. The quantitative estimate of drug-likeness (QED) is 0.466. The number of amides is 2. The molecule has 0 radical (unpaired) electrons. The molecule has 0 aliphatic rings. The first kappa shape index (κ1) is 23.3. The molecule has 3 rings (SSSR count). The third-order valence-corrected chi connectivity index (χ3v) is 5.57. The third kappa shape index (κ3) is 6.10. The Hall–Kier alpha value is -3.34. The highest BCUT2D eigenvalue weighted by molar-refractivity contribution is 5.90. The van der Waals surface area contributed by atoms with Crippen LogP contribution in [0.25, 0.3) is 10.8 Å². The van der Waals surface area contributed by atoms with Crippen molar-refractivity contribution in [2.75, 3.05) is 13.2 Å². The first-order valence-corrected chi connectivity index (χ1v) is 11.2. The number of carbonyl (C=O) groups excluding carboxylic acids is 2. The summed E-state index contributed by atoms with van der Waals surface area (Å²) in [5, 5.41) is 4.95. The molecule has 0 bridgehead atoms. The van der Waals surface area contributed by atoms with Gasteiger partial charge >= 0.3 is 0 Å². The lowest BCUT2D eigenvalue weighted by atomic mass is 10.1. The molecule has 5 nitrogen and oxygen atoms in total. The topological polar surface area (TPSA) is 58.6 Å². The molecule has 0 saturated carbocycles. The number of hydrogen-bond donors (Lipinski definition) is 1. The molecule has 32 heavy (non-hydrogen) atoms. The van der Waals surface area contributed by atoms with Crippen LogP contribution in [0.1, 0.15) is 37.8 Å². The summed E-state index contributed by atoms with van der Waals surface area (Å²) >= 11 is 0. The van der Waals surface area contributed by atoms with Crippen molar-refractivity contribution >= 4 is 22.6 Å². The number of hydrogen-bond acceptors (Lipinski definition) is 3. The first-order valence-electron chi connectivity index (χ1n) is 11.2. The van der Waals surface area contributed by atoms with Crippen LogP contribution in [0, 0.1) is 6.92 Å². The molecule has 2 amide bonds. The minimum atomic E-state index is -0.600. The minimum absolute atomic E-state index is 0.132. The number of unbranched alkanes of at least 4 members (excludes halogenated alkanes) is 1. The minimum Gasteiger partial charge on any atom is -0.483 e. The van der Waals surface area contributed by atoms with Gasteiger partial charge in [-0.2, -0.15) is 0 Å². The lowest BCUT2D eigenvalue weighted by Gasteiger charge is -2.29. The molecular weight excluding hydrogens is 400 g/mol. The molecular formula is C27H32N2O3. The van der Waals surface area contributed by atoms with E-state index in [2.05, 4.69) is 12.2 Å². The molecule has 1 N–H and O–H groups in total. The Kier molecular flexibility index (Phi) is 8.26. The summed E-state index contributed by atoms with van der Waals surface area (Å²) in [4.78, 5) is 27.5. The van der Waals surface area contributed by atoms with Gasteiger partial charge in [-0.05, 0) is 37.3 Å². The van der Waals surface area contributed by atoms with E-state index in [1.807, 2.05) is 73.7 Å². The fourth-order valence-electron chi connectivity index (χ4n) is 3.55. The van der Waals surface area contributed by atoms with Crippen molar-refractivity contribution in [1.82, 2.24) is 10.2 Å². The predicted molar refractivity (Wildman–Crippen MR) is 129 cm³/mol. The van der Waals surface area contributed by atoms with E-state index in [1.165, 1.54) is 0 Å². The SMILES string of the molecule is CCCCNC(=O)C(C)N(Cc1ccc(C)cc1)C(=O)COc1cccc2ccccc12. The fraction of sp³-hybridized carbons (Fsp3) is 0.333. The Labute approximate surface area is 190 Å². The monoisotopic (exact) mass is 432 g/mol. The van der Waals surface area contributed by atoms with Crippen LogP contribution in [0.4, 0.5) is 0 Å². The van der Waals surface area contributed by atoms with E-state index in [0.29, 0.717) is 18.8 Å². The molecule has 0 spiro atoms. The molecule has 1 unspecified atom stereocenters. The molecule has 3 aromatic carbocycles. The van der Waals surface area contributed by atoms with Crippen molar-refractivity contribution in [2.45, 2.75) is 46.2 Å². The van der Waals surface area contributed by atoms with Gasteiger partial charge in [-0.1, -0.05) is 79.6 Å². The largest absolute Gasteiger partial charge is 0.483 e. The summed E-state index contributed by atoms with van der Waals surface area (Å²) in [5.74, 6) is 0.285. The van der Waals surface area contributed by atoms with Gasteiger partial charge in [-0.15, -0.1) is 0 Å². The fourth-order valence-corrected chi connectivity index (χ4v) is 3.55. The second kappa shape index (κ2) is 11.3. The van der Waals surface area contributed by atoms with Gasteiger partial charge in [-0.3, -0.25) is 9.59 Å². The maximum Gasteiger partial charge on any atom is 0.261 e. The van der Waals surface area contributed by atoms with Crippen molar-refractivity contribution in [3.63, 3.8) is 0 Å². The van der Waals surface area contributed by atoms with Gasteiger partial charge in [0.2, 0.25) is 5.91 Å². The van der Waals surface area contributed by atoms with Gasteiger partial charge in [0.1, 0.15) is 11.8 Å². The number of carbonyl (C=O) groups is 2. The van der Waals surface area contributed by atoms with E-state index in [4.69, 9.17) is 4.74 Å². The number of ether oxygens (including phenoxy) is 1. The van der Waals surface area contributed by atoms with Crippen LogP contribution in [0.2, 0.25) is 0 Å². The zero-order valence-corrected chi connectivity index (χ0v) is 19.1. The predicted octanol–water partition coefficient (Wildman–Crippen LogP) is 4.86. The molecule has 168 valence electrons. The van der Waals surface area contributed by atoms with E-state index in [1.54, 1.807) is 11.8 Å². The van der Waals surface area contributed by atoms with Gasteiger partial charge in [0.05, 0.1) is 0 Å². The number of rotatable bonds is 10. The molecule has 5 heteroatoms. The standard InChI is InChI=1S/C27H32N2O3/c1-4-5-17-28-27(31)21(3)29(18-22-15-13-20(2)14-16-22)26(30)19-32-25-12-8-10-23-9-6-7-11-24(23)25/h6-16,21H,4-5,17-19H2,1-3H3,(H,28,31). The highest BCUT2D eigenvalue weighted by Crippen LogP contribution is 2.25. The van der Waals surface area contributed by atoms with Gasteiger partial charge in [0.15, 0.2) is 6.61 Å². The Morgan fingerprint density at radius 1 is 1.00 bits per heavy atom. The summed E-state index contributed by atoms with van der Waals surface area (Å²) in [5.41, 5.74) is 2.12. The third-order valence-electron chi connectivity index (χ3n) is 5.57. The maximum atomic E-state index is 13.2. The number of nitrogens with zero attached hydrogens (tertiary/aromatic N) is 1. The van der Waals surface area contributed by atoms with Crippen molar-refractivity contribution in [3.8, 4) is 5.75 Å². The van der Waals surface area contributed by atoms with E-state index >= 15 is 0 Å². The average molecular weight is 433 g/mol. The van der Waals surface area contributed by atoms with Crippen LogP contribution in [0.15, 0.2) is 66.7 Å². The van der Waals surface area contributed by atoms with E-state index in [0.717, 1.165) is 34.7 Å². The number of aryl methyl sites for hydroxylation is 1. The van der Waals surface area contributed by atoms with E-state index in [9.17, 15) is 9.59 Å². The summed E-state index contributed by atoms with van der Waals surface area (Å²) in [6.45, 7) is 6.69. The number of nitrogens with one attached hydrogen (secondary N) is 1. The van der Waals surface area contributed by atoms with Crippen molar-refractivity contribution < 1.29 is 14.3 Å². The second-order valence-electron chi connectivity index (χ2n) is 8.09. The Morgan fingerprint density at radius 3 is 2.47 bits per heavy atom. The smallest absolute Gasteiger partial charge is 0.261 e. The molecule has 0 aliphatic carbocycles. The summed E-state index contributed by atoms with van der Waals surface area (Å²) < 4.78 is 5.92. The maximum absolute atomic E-state index is 13.2. The highest BCUT2D eigenvalue weighted by Gasteiger charge is 2.26. The molecule has 0 aliphatic heterocycles. The molecule has 0 aromatic heterocycles.